The van der Waals surface area contributed by atoms with Crippen LogP contribution in [0.15, 0.2) is 64.8 Å². The van der Waals surface area contributed by atoms with Crippen molar-refractivity contribution < 1.29 is 38.2 Å². The molecule has 0 radical (unpaired) electrons. The molecule has 1 heterocycles. The summed E-state index contributed by atoms with van der Waals surface area (Å²) in [4.78, 5) is 41.4. The number of esters is 2. The van der Waals surface area contributed by atoms with Crippen molar-refractivity contribution in [2.24, 2.45) is 10.9 Å². The first-order chi connectivity index (χ1) is 20.3. The van der Waals surface area contributed by atoms with Gasteiger partial charge in [-0.1, -0.05) is 31.2 Å². The lowest BCUT2D eigenvalue weighted by Gasteiger charge is -2.31. The lowest BCUT2D eigenvalue weighted by Crippen LogP contribution is -2.36. The first-order valence-corrected chi connectivity index (χ1v) is 13.9. The number of carbonyl (C=O) groups excluding carboxylic acids is 2. The Morgan fingerprint density at radius 2 is 1.74 bits per heavy atom. The fourth-order valence-corrected chi connectivity index (χ4v) is 4.68. The van der Waals surface area contributed by atoms with E-state index in [4.69, 9.17) is 23.7 Å². The lowest BCUT2D eigenvalue weighted by atomic mass is 9.75. The van der Waals surface area contributed by atoms with E-state index in [1.807, 2.05) is 31.2 Å². The highest BCUT2D eigenvalue weighted by Gasteiger charge is 2.42. The molecule has 0 saturated heterocycles. The highest BCUT2D eigenvalue weighted by Crippen LogP contribution is 2.40. The molecule has 3 rings (SSSR count). The second kappa shape index (κ2) is 16.4. The van der Waals surface area contributed by atoms with E-state index >= 15 is 0 Å². The Bertz CT molecular complexity index is 1290. The monoisotopic (exact) mass is 582 g/mol. The van der Waals surface area contributed by atoms with E-state index in [9.17, 15) is 19.7 Å². The van der Waals surface area contributed by atoms with Crippen molar-refractivity contribution in [1.29, 1.82) is 0 Å². The van der Waals surface area contributed by atoms with Gasteiger partial charge in [-0.25, -0.2) is 4.79 Å². The number of non-ortho nitro benzene ring substituents is 1. The van der Waals surface area contributed by atoms with Gasteiger partial charge in [0.1, 0.15) is 18.5 Å². The predicted molar refractivity (Wildman–Crippen MR) is 155 cm³/mol. The number of allylic oxidation sites excluding steroid dienone is 1. The van der Waals surface area contributed by atoms with Crippen LogP contribution in [-0.4, -0.2) is 62.9 Å². The summed E-state index contributed by atoms with van der Waals surface area (Å²) in [5, 5.41) is 11.4. The molecule has 0 saturated carbocycles. The average molecular weight is 583 g/mol. The molecular weight excluding hydrogens is 544 g/mol. The summed E-state index contributed by atoms with van der Waals surface area (Å²) in [7, 11) is 1.25. The van der Waals surface area contributed by atoms with E-state index in [0.29, 0.717) is 55.8 Å². The Kier molecular flexibility index (Phi) is 12.6. The van der Waals surface area contributed by atoms with E-state index in [-0.39, 0.29) is 17.9 Å². The summed E-state index contributed by atoms with van der Waals surface area (Å²) >= 11 is 0. The standard InChI is InChI=1S/C31H38N2O9/c1-5-15-39-20-40-18-14-23-10-12-26(13-11-23)41-16-7-17-42-31(35)28-22(3)32-21(2)27(30(34)38-4)29(28)24-8-6-9-25(19-24)33(36)37/h6,8-13,19,27,29H,5,7,14-18,20H2,1-4H3/t27?,29-/m0/s1. The SMILES string of the molecule is CCCOCOCCc1ccc(OCCCOC(=O)C2=C(C)N=C(C)C(C(=O)OC)[C@@H]2c2cccc([N+](=O)[O-])c2)cc1. The van der Waals surface area contributed by atoms with Crippen LogP contribution >= 0.6 is 0 Å². The number of benzene rings is 2. The molecule has 0 amide bonds. The maximum atomic E-state index is 13.3. The summed E-state index contributed by atoms with van der Waals surface area (Å²) in [6.45, 7) is 7.30. The number of carbonyl (C=O) groups is 2. The first-order valence-electron chi connectivity index (χ1n) is 13.9. The fraction of sp³-hybridized carbons (Fsp3) is 0.452. The van der Waals surface area contributed by atoms with Crippen molar-refractivity contribution in [3.8, 4) is 5.75 Å². The Morgan fingerprint density at radius 3 is 2.43 bits per heavy atom. The second-order valence-electron chi connectivity index (χ2n) is 9.75. The van der Waals surface area contributed by atoms with Crippen molar-refractivity contribution in [2.45, 2.75) is 46.0 Å². The predicted octanol–water partition coefficient (Wildman–Crippen LogP) is 5.17. The Hall–Kier alpha value is -4.09. The smallest absolute Gasteiger partial charge is 0.336 e. The summed E-state index contributed by atoms with van der Waals surface area (Å²) in [5.41, 5.74) is 2.36. The van der Waals surface area contributed by atoms with Crippen LogP contribution in [0.5, 0.6) is 5.75 Å². The van der Waals surface area contributed by atoms with Crippen LogP contribution in [0.2, 0.25) is 0 Å². The normalized spacial score (nSPS) is 16.5. The third kappa shape index (κ3) is 8.95. The number of hydrogen-bond acceptors (Lipinski definition) is 10. The van der Waals surface area contributed by atoms with Crippen LogP contribution in [0, 0.1) is 16.0 Å². The third-order valence-corrected chi connectivity index (χ3v) is 6.71. The number of hydrogen-bond donors (Lipinski definition) is 0. The molecule has 42 heavy (non-hydrogen) atoms. The van der Waals surface area contributed by atoms with Crippen LogP contribution < -0.4 is 4.74 Å². The van der Waals surface area contributed by atoms with Crippen LogP contribution in [0.3, 0.4) is 0 Å². The number of aliphatic imine (C=N–C) groups is 1. The second-order valence-corrected chi connectivity index (χ2v) is 9.75. The fourth-order valence-electron chi connectivity index (χ4n) is 4.68. The molecule has 0 fully saturated rings. The number of nitro groups is 1. The zero-order chi connectivity index (χ0) is 30.5. The van der Waals surface area contributed by atoms with Gasteiger partial charge in [0.05, 0.1) is 37.4 Å². The Balaban J connectivity index is 1.58. The van der Waals surface area contributed by atoms with Gasteiger partial charge in [0, 0.05) is 42.5 Å². The van der Waals surface area contributed by atoms with E-state index in [1.54, 1.807) is 19.9 Å². The van der Waals surface area contributed by atoms with Crippen LogP contribution in [-0.2, 0) is 35.0 Å². The highest BCUT2D eigenvalue weighted by molar-refractivity contribution is 6.07. The topological polar surface area (TPSA) is 136 Å². The molecule has 2 aromatic rings. The zero-order valence-corrected chi connectivity index (χ0v) is 24.5. The van der Waals surface area contributed by atoms with Gasteiger partial charge < -0.3 is 23.7 Å². The largest absolute Gasteiger partial charge is 0.493 e. The first kappa shape index (κ1) is 32.4. The number of nitro benzene ring substituents is 1. The molecule has 0 aliphatic carbocycles. The molecular formula is C31H38N2O9. The van der Waals surface area contributed by atoms with E-state index < -0.39 is 28.7 Å². The Morgan fingerprint density at radius 1 is 1.00 bits per heavy atom. The molecule has 11 nitrogen and oxygen atoms in total. The van der Waals surface area contributed by atoms with Gasteiger partial charge in [0.2, 0.25) is 0 Å². The minimum atomic E-state index is -0.935. The summed E-state index contributed by atoms with van der Waals surface area (Å²) in [6, 6.07) is 13.6. The van der Waals surface area contributed by atoms with Gasteiger partial charge in [-0.15, -0.1) is 0 Å². The van der Waals surface area contributed by atoms with Crippen molar-refractivity contribution in [3.05, 3.63) is 81.0 Å². The lowest BCUT2D eigenvalue weighted by molar-refractivity contribution is -0.384. The van der Waals surface area contributed by atoms with Crippen LogP contribution in [0.1, 0.15) is 50.7 Å². The molecule has 11 heteroatoms. The molecule has 2 aromatic carbocycles. The maximum Gasteiger partial charge on any atom is 0.336 e. The molecule has 0 N–H and O–H groups in total. The molecule has 0 bridgehead atoms. The van der Waals surface area contributed by atoms with Gasteiger partial charge in [-0.3, -0.25) is 19.9 Å². The van der Waals surface area contributed by atoms with E-state index in [1.165, 1.54) is 25.3 Å². The van der Waals surface area contributed by atoms with E-state index in [0.717, 1.165) is 18.4 Å². The van der Waals surface area contributed by atoms with Crippen molar-refractivity contribution in [2.75, 3.05) is 40.3 Å². The van der Waals surface area contributed by atoms with Crippen LogP contribution in [0.25, 0.3) is 0 Å². The number of rotatable bonds is 16. The van der Waals surface area contributed by atoms with Gasteiger partial charge >= 0.3 is 11.9 Å². The molecule has 1 unspecified atom stereocenters. The number of methoxy groups -OCH3 is 1. The minimum Gasteiger partial charge on any atom is -0.493 e. The molecule has 1 aliphatic heterocycles. The average Bonchev–Trinajstić information content (AvgIpc) is 2.98. The number of nitrogens with zero attached hydrogens (tertiary/aromatic N) is 2. The maximum absolute atomic E-state index is 13.3. The zero-order valence-electron chi connectivity index (χ0n) is 24.5. The third-order valence-electron chi connectivity index (χ3n) is 6.71. The van der Waals surface area contributed by atoms with Gasteiger partial charge in [0.25, 0.3) is 5.69 Å². The van der Waals surface area contributed by atoms with Crippen molar-refractivity contribution in [1.82, 2.24) is 0 Å². The van der Waals surface area contributed by atoms with Gasteiger partial charge in [-0.05, 0) is 49.9 Å². The highest BCUT2D eigenvalue weighted by atomic mass is 16.7. The molecule has 0 spiro atoms. The minimum absolute atomic E-state index is 0.0678. The molecule has 1 aliphatic rings. The molecule has 0 aromatic heterocycles. The van der Waals surface area contributed by atoms with Gasteiger partial charge in [0.15, 0.2) is 0 Å². The van der Waals surface area contributed by atoms with Gasteiger partial charge in [-0.2, -0.15) is 0 Å². The summed E-state index contributed by atoms with van der Waals surface area (Å²) in [5.74, 6) is -2.35. The quantitative estimate of drug-likeness (QED) is 0.0863. The van der Waals surface area contributed by atoms with Crippen molar-refractivity contribution in [3.63, 3.8) is 0 Å². The van der Waals surface area contributed by atoms with Crippen LogP contribution in [0.4, 0.5) is 5.69 Å². The Labute approximate surface area is 245 Å². The molecule has 2 atom stereocenters. The van der Waals surface area contributed by atoms with Crippen molar-refractivity contribution >= 4 is 23.3 Å². The van der Waals surface area contributed by atoms with E-state index in [2.05, 4.69) is 4.99 Å². The number of ether oxygens (including phenoxy) is 5. The summed E-state index contributed by atoms with van der Waals surface area (Å²) < 4.78 is 27.1. The molecule has 226 valence electrons. The summed E-state index contributed by atoms with van der Waals surface area (Å²) in [6.07, 6.45) is 2.15.